The fourth-order valence-electron chi connectivity index (χ4n) is 2.13. The average Bonchev–Trinajstić information content (AvgIpc) is 2.54. The molecule has 0 spiro atoms. The van der Waals surface area contributed by atoms with Crippen LogP contribution in [0.2, 0.25) is 0 Å². The summed E-state index contributed by atoms with van der Waals surface area (Å²) < 4.78 is 15.8. The molecule has 1 amide bonds. The van der Waals surface area contributed by atoms with Gasteiger partial charge < -0.3 is 19.5 Å². The van der Waals surface area contributed by atoms with Crippen LogP contribution >= 0.6 is 11.8 Å². The van der Waals surface area contributed by atoms with Gasteiger partial charge in [0.05, 0.1) is 24.2 Å². The molecule has 1 heterocycles. The molecule has 0 unspecified atom stereocenters. The van der Waals surface area contributed by atoms with Gasteiger partial charge in [-0.1, -0.05) is 6.07 Å². The summed E-state index contributed by atoms with van der Waals surface area (Å²) in [4.78, 5) is 23.1. The molecular formula is C16H21NO5S. The molecule has 1 aliphatic heterocycles. The summed E-state index contributed by atoms with van der Waals surface area (Å²) in [5.41, 5.74) is 0.943. The molecule has 0 radical (unpaired) electrons. The van der Waals surface area contributed by atoms with Crippen LogP contribution in [0.5, 0.6) is 11.5 Å². The van der Waals surface area contributed by atoms with Crippen molar-refractivity contribution in [3.8, 4) is 11.5 Å². The molecule has 0 bridgehead atoms. The largest absolute Gasteiger partial charge is 0.486 e. The summed E-state index contributed by atoms with van der Waals surface area (Å²) in [7, 11) is 0. The smallest absolute Gasteiger partial charge is 0.315 e. The lowest BCUT2D eigenvalue weighted by Gasteiger charge is -2.21. The molecule has 1 N–H and O–H groups in total. The third-order valence-corrected chi connectivity index (χ3v) is 4.11. The second-order valence-electron chi connectivity index (χ2n) is 4.99. The Morgan fingerprint density at radius 1 is 1.26 bits per heavy atom. The van der Waals surface area contributed by atoms with Crippen molar-refractivity contribution in [3.05, 3.63) is 23.8 Å². The first-order valence-electron chi connectivity index (χ1n) is 7.52. The van der Waals surface area contributed by atoms with Crippen LogP contribution < -0.4 is 14.8 Å². The van der Waals surface area contributed by atoms with Gasteiger partial charge in [0.2, 0.25) is 5.91 Å². The first-order valence-corrected chi connectivity index (χ1v) is 8.68. The Labute approximate surface area is 139 Å². The maximum Gasteiger partial charge on any atom is 0.315 e. The maximum absolute atomic E-state index is 11.9. The van der Waals surface area contributed by atoms with Gasteiger partial charge in [0.15, 0.2) is 11.5 Å². The van der Waals surface area contributed by atoms with Gasteiger partial charge in [-0.3, -0.25) is 9.59 Å². The number of fused-ring (bicyclic) bond motifs is 1. The van der Waals surface area contributed by atoms with Crippen LogP contribution in [-0.4, -0.2) is 43.2 Å². The predicted molar refractivity (Wildman–Crippen MR) is 87.9 cm³/mol. The van der Waals surface area contributed by atoms with Gasteiger partial charge in [0.1, 0.15) is 13.2 Å². The zero-order valence-electron chi connectivity index (χ0n) is 13.3. The maximum atomic E-state index is 11.9. The highest BCUT2D eigenvalue weighted by Crippen LogP contribution is 2.32. The fourth-order valence-corrected chi connectivity index (χ4v) is 2.75. The minimum atomic E-state index is -0.301. The van der Waals surface area contributed by atoms with Gasteiger partial charge in [-0.2, -0.15) is 0 Å². The number of amides is 1. The lowest BCUT2D eigenvalue weighted by molar-refractivity contribution is -0.139. The number of thioether (sulfide) groups is 1. The van der Waals surface area contributed by atoms with Crippen LogP contribution in [0.4, 0.5) is 0 Å². The first-order chi connectivity index (χ1) is 11.1. The van der Waals surface area contributed by atoms with E-state index in [0.717, 1.165) is 11.3 Å². The molecule has 0 saturated carbocycles. The molecule has 0 fully saturated rings. The van der Waals surface area contributed by atoms with Crippen molar-refractivity contribution in [2.45, 2.75) is 19.9 Å². The van der Waals surface area contributed by atoms with Crippen molar-refractivity contribution >= 4 is 23.6 Å². The van der Waals surface area contributed by atoms with Gasteiger partial charge >= 0.3 is 5.97 Å². The third-order valence-electron chi connectivity index (χ3n) is 3.20. The average molecular weight is 339 g/mol. The molecule has 7 heteroatoms. The number of rotatable bonds is 7. The Bertz CT molecular complexity index is 563. The van der Waals surface area contributed by atoms with E-state index in [4.69, 9.17) is 14.2 Å². The Balaban J connectivity index is 1.80. The van der Waals surface area contributed by atoms with Crippen LogP contribution in [0.3, 0.4) is 0 Å². The number of nitrogens with one attached hydrogen (secondary N) is 1. The van der Waals surface area contributed by atoms with Crippen molar-refractivity contribution in [1.29, 1.82) is 0 Å². The van der Waals surface area contributed by atoms with Crippen LogP contribution in [0.1, 0.15) is 25.5 Å². The molecule has 0 aromatic heterocycles. The number of ether oxygens (including phenoxy) is 3. The minimum Gasteiger partial charge on any atom is -0.486 e. The molecular weight excluding hydrogens is 318 g/mol. The Morgan fingerprint density at radius 3 is 2.74 bits per heavy atom. The van der Waals surface area contributed by atoms with E-state index in [0.29, 0.717) is 25.6 Å². The highest BCUT2D eigenvalue weighted by atomic mass is 32.2. The standard InChI is InChI=1S/C16H21NO5S/c1-3-20-16(19)10-23-9-15(18)17-11(2)12-4-5-13-14(8-12)22-7-6-21-13/h4-5,8,11H,3,6-7,9-10H2,1-2H3,(H,17,18)/t11-/m0/s1. The SMILES string of the molecule is CCOC(=O)CSCC(=O)N[C@@H](C)c1ccc2c(c1)OCCO2. The highest BCUT2D eigenvalue weighted by molar-refractivity contribution is 8.00. The number of carbonyl (C=O) groups is 2. The van der Waals surface area contributed by atoms with E-state index in [1.54, 1.807) is 6.92 Å². The summed E-state index contributed by atoms with van der Waals surface area (Å²) >= 11 is 1.24. The molecule has 1 atom stereocenters. The van der Waals surface area contributed by atoms with Gasteiger partial charge in [0.25, 0.3) is 0 Å². The first kappa shape index (κ1) is 17.5. The number of benzene rings is 1. The van der Waals surface area contributed by atoms with Gasteiger partial charge in [-0.05, 0) is 31.5 Å². The van der Waals surface area contributed by atoms with E-state index in [-0.39, 0.29) is 29.4 Å². The normalized spacial score (nSPS) is 14.0. The quantitative estimate of drug-likeness (QED) is 0.765. The summed E-state index contributed by atoms with van der Waals surface area (Å²) in [6.45, 7) is 5.09. The summed E-state index contributed by atoms with van der Waals surface area (Å²) in [5.74, 6) is 1.40. The molecule has 6 nitrogen and oxygen atoms in total. The molecule has 2 rings (SSSR count). The van der Waals surface area contributed by atoms with Crippen LogP contribution in [0, 0.1) is 0 Å². The van der Waals surface area contributed by atoms with E-state index in [9.17, 15) is 9.59 Å². The van der Waals surface area contributed by atoms with Crippen molar-refractivity contribution in [2.75, 3.05) is 31.3 Å². The molecule has 0 saturated heterocycles. The van der Waals surface area contributed by atoms with Gasteiger partial charge in [0, 0.05) is 0 Å². The number of hydrogen-bond donors (Lipinski definition) is 1. The Morgan fingerprint density at radius 2 is 2.00 bits per heavy atom. The second-order valence-corrected chi connectivity index (χ2v) is 5.98. The van der Waals surface area contributed by atoms with Gasteiger partial charge in [-0.25, -0.2) is 0 Å². The molecule has 0 aliphatic carbocycles. The Hall–Kier alpha value is -1.89. The Kier molecular flexibility index (Phi) is 6.58. The number of carbonyl (C=O) groups excluding carboxylic acids is 2. The van der Waals surface area contributed by atoms with E-state index in [2.05, 4.69) is 5.32 Å². The monoisotopic (exact) mass is 339 g/mol. The van der Waals surface area contributed by atoms with Crippen LogP contribution in [-0.2, 0) is 14.3 Å². The fraction of sp³-hybridized carbons (Fsp3) is 0.500. The van der Waals surface area contributed by atoms with Crippen molar-refractivity contribution in [2.24, 2.45) is 0 Å². The summed E-state index contributed by atoms with van der Waals surface area (Å²) in [5, 5.41) is 2.90. The van der Waals surface area contributed by atoms with E-state index in [1.165, 1.54) is 11.8 Å². The van der Waals surface area contributed by atoms with Crippen molar-refractivity contribution < 1.29 is 23.8 Å². The lowest BCUT2D eigenvalue weighted by Crippen LogP contribution is -2.28. The molecule has 1 aromatic carbocycles. The third kappa shape index (κ3) is 5.35. The molecule has 1 aliphatic rings. The molecule has 23 heavy (non-hydrogen) atoms. The van der Waals surface area contributed by atoms with Gasteiger partial charge in [-0.15, -0.1) is 11.8 Å². The predicted octanol–water partition coefficient (Wildman–Crippen LogP) is 1.93. The lowest BCUT2D eigenvalue weighted by atomic mass is 10.1. The van der Waals surface area contributed by atoms with E-state index < -0.39 is 0 Å². The highest BCUT2D eigenvalue weighted by Gasteiger charge is 2.16. The number of hydrogen-bond acceptors (Lipinski definition) is 6. The molecule has 1 aromatic rings. The van der Waals surface area contributed by atoms with Crippen molar-refractivity contribution in [1.82, 2.24) is 5.32 Å². The second kappa shape index (κ2) is 8.67. The van der Waals surface area contributed by atoms with Crippen LogP contribution in [0.25, 0.3) is 0 Å². The number of esters is 1. The topological polar surface area (TPSA) is 73.9 Å². The minimum absolute atomic E-state index is 0.123. The zero-order valence-corrected chi connectivity index (χ0v) is 14.1. The summed E-state index contributed by atoms with van der Waals surface area (Å²) in [6.07, 6.45) is 0. The van der Waals surface area contributed by atoms with E-state index >= 15 is 0 Å². The molecule has 126 valence electrons. The van der Waals surface area contributed by atoms with Crippen molar-refractivity contribution in [3.63, 3.8) is 0 Å². The summed E-state index contributed by atoms with van der Waals surface area (Å²) in [6, 6.07) is 5.48. The van der Waals surface area contributed by atoms with E-state index in [1.807, 2.05) is 25.1 Å². The van der Waals surface area contributed by atoms with Crippen LogP contribution in [0.15, 0.2) is 18.2 Å². The zero-order chi connectivity index (χ0) is 16.7.